The van der Waals surface area contributed by atoms with Crippen molar-refractivity contribution in [2.45, 2.75) is 13.0 Å². The van der Waals surface area contributed by atoms with E-state index in [9.17, 15) is 4.39 Å². The van der Waals surface area contributed by atoms with Crippen molar-refractivity contribution >= 4 is 27.4 Å². The minimum atomic E-state index is -0.222. The van der Waals surface area contributed by atoms with Crippen molar-refractivity contribution in [1.82, 2.24) is 15.3 Å². The summed E-state index contributed by atoms with van der Waals surface area (Å²) < 4.78 is 13.2. The SMILES string of the molecule is CC1CN(c2ncnc3scc(-c4ccc(F)cc4)c23)CCN1. The number of fused-ring (bicyclic) bond motifs is 1. The van der Waals surface area contributed by atoms with E-state index in [1.54, 1.807) is 17.7 Å². The number of piperazine rings is 1. The molecule has 1 N–H and O–H groups in total. The maximum Gasteiger partial charge on any atom is 0.141 e. The molecule has 1 aliphatic rings. The molecule has 2 aromatic heterocycles. The first kappa shape index (κ1) is 14.5. The van der Waals surface area contributed by atoms with E-state index >= 15 is 0 Å². The Hall–Kier alpha value is -2.05. The Morgan fingerprint density at radius 1 is 1.26 bits per heavy atom. The predicted molar refractivity (Wildman–Crippen MR) is 92.5 cm³/mol. The first-order chi connectivity index (χ1) is 11.2. The summed E-state index contributed by atoms with van der Waals surface area (Å²) in [6, 6.07) is 7.05. The van der Waals surface area contributed by atoms with Gasteiger partial charge in [0.25, 0.3) is 0 Å². The minimum absolute atomic E-state index is 0.222. The summed E-state index contributed by atoms with van der Waals surface area (Å²) in [5, 5.41) is 6.60. The van der Waals surface area contributed by atoms with Crippen LogP contribution < -0.4 is 10.2 Å². The van der Waals surface area contributed by atoms with E-state index in [4.69, 9.17) is 0 Å². The number of nitrogens with zero attached hydrogens (tertiary/aromatic N) is 3. The van der Waals surface area contributed by atoms with Gasteiger partial charge in [0.15, 0.2) is 0 Å². The molecule has 6 heteroatoms. The lowest BCUT2D eigenvalue weighted by Gasteiger charge is -2.33. The van der Waals surface area contributed by atoms with E-state index in [0.29, 0.717) is 6.04 Å². The standard InChI is InChI=1S/C17H17FN4S/c1-11-8-22(7-6-19-11)16-15-14(9-23-17(15)21-10-20-16)12-2-4-13(18)5-3-12/h2-5,9-11,19H,6-8H2,1H3. The largest absolute Gasteiger partial charge is 0.353 e. The number of hydrogen-bond acceptors (Lipinski definition) is 5. The second kappa shape index (κ2) is 5.86. The molecule has 118 valence electrons. The molecule has 3 aromatic rings. The summed E-state index contributed by atoms with van der Waals surface area (Å²) in [5.41, 5.74) is 2.07. The third kappa shape index (κ3) is 2.68. The first-order valence-corrected chi connectivity index (χ1v) is 8.57. The van der Waals surface area contributed by atoms with Crippen LogP contribution in [0.1, 0.15) is 6.92 Å². The number of halogens is 1. The number of anilines is 1. The fraction of sp³-hybridized carbons (Fsp3) is 0.294. The van der Waals surface area contributed by atoms with Crippen LogP contribution >= 0.6 is 11.3 Å². The molecule has 0 bridgehead atoms. The molecule has 4 rings (SSSR count). The van der Waals surface area contributed by atoms with E-state index in [-0.39, 0.29) is 5.82 Å². The van der Waals surface area contributed by atoms with Crippen molar-refractivity contribution < 1.29 is 4.39 Å². The summed E-state index contributed by atoms with van der Waals surface area (Å²) in [6.45, 7) is 4.97. The number of aromatic nitrogens is 2. The topological polar surface area (TPSA) is 41.1 Å². The zero-order valence-corrected chi connectivity index (χ0v) is 13.6. The molecule has 23 heavy (non-hydrogen) atoms. The highest BCUT2D eigenvalue weighted by atomic mass is 32.1. The lowest BCUT2D eigenvalue weighted by Crippen LogP contribution is -2.49. The highest BCUT2D eigenvalue weighted by Gasteiger charge is 2.21. The zero-order valence-electron chi connectivity index (χ0n) is 12.8. The molecule has 3 heterocycles. The lowest BCUT2D eigenvalue weighted by atomic mass is 10.1. The van der Waals surface area contributed by atoms with Gasteiger partial charge in [0, 0.05) is 36.6 Å². The molecule has 1 unspecified atom stereocenters. The maximum atomic E-state index is 13.2. The summed E-state index contributed by atoms with van der Waals surface area (Å²) >= 11 is 1.60. The van der Waals surface area contributed by atoms with Gasteiger partial charge in [0.1, 0.15) is 22.8 Å². The number of hydrogen-bond donors (Lipinski definition) is 1. The van der Waals surface area contributed by atoms with Crippen molar-refractivity contribution in [1.29, 1.82) is 0 Å². The second-order valence-electron chi connectivity index (χ2n) is 5.83. The maximum absolute atomic E-state index is 13.2. The van der Waals surface area contributed by atoms with E-state index in [0.717, 1.165) is 46.8 Å². The van der Waals surface area contributed by atoms with Crippen LogP contribution in [0.2, 0.25) is 0 Å². The van der Waals surface area contributed by atoms with Gasteiger partial charge in [-0.1, -0.05) is 12.1 Å². The van der Waals surface area contributed by atoms with Crippen LogP contribution in [0.25, 0.3) is 21.3 Å². The van der Waals surface area contributed by atoms with E-state index < -0.39 is 0 Å². The molecule has 1 aromatic carbocycles. The van der Waals surface area contributed by atoms with Crippen LogP contribution in [0, 0.1) is 5.82 Å². The Morgan fingerprint density at radius 2 is 2.09 bits per heavy atom. The fourth-order valence-corrected chi connectivity index (χ4v) is 3.98. The van der Waals surface area contributed by atoms with Crippen molar-refractivity contribution in [2.75, 3.05) is 24.5 Å². The normalized spacial score (nSPS) is 18.5. The highest BCUT2D eigenvalue weighted by Crippen LogP contribution is 2.38. The molecular formula is C17H17FN4S. The Bertz CT molecular complexity index is 830. The zero-order chi connectivity index (χ0) is 15.8. The summed E-state index contributed by atoms with van der Waals surface area (Å²) in [6.07, 6.45) is 1.63. The second-order valence-corrected chi connectivity index (χ2v) is 6.69. The van der Waals surface area contributed by atoms with Crippen LogP contribution in [0.4, 0.5) is 10.2 Å². The average Bonchev–Trinajstić information content (AvgIpc) is 3.00. The Balaban J connectivity index is 1.85. The van der Waals surface area contributed by atoms with Gasteiger partial charge in [-0.2, -0.15) is 0 Å². The van der Waals surface area contributed by atoms with Gasteiger partial charge in [-0.05, 0) is 24.6 Å². The third-order valence-corrected chi connectivity index (χ3v) is 5.06. The monoisotopic (exact) mass is 328 g/mol. The van der Waals surface area contributed by atoms with Gasteiger partial charge in [-0.15, -0.1) is 11.3 Å². The van der Waals surface area contributed by atoms with Crippen molar-refractivity contribution in [3.63, 3.8) is 0 Å². The molecular weight excluding hydrogens is 311 g/mol. The summed E-state index contributed by atoms with van der Waals surface area (Å²) in [5.74, 6) is 0.754. The number of nitrogens with one attached hydrogen (secondary N) is 1. The molecule has 0 aliphatic carbocycles. The fourth-order valence-electron chi connectivity index (χ4n) is 3.07. The average molecular weight is 328 g/mol. The van der Waals surface area contributed by atoms with Crippen LogP contribution in [0.3, 0.4) is 0 Å². The summed E-state index contributed by atoms with van der Waals surface area (Å²) in [7, 11) is 0. The minimum Gasteiger partial charge on any atom is -0.353 e. The van der Waals surface area contributed by atoms with Crippen LogP contribution in [-0.4, -0.2) is 35.6 Å². The van der Waals surface area contributed by atoms with E-state index in [1.807, 2.05) is 12.1 Å². The lowest BCUT2D eigenvalue weighted by molar-refractivity contribution is 0.483. The Labute approximate surface area is 138 Å². The molecule has 0 saturated carbocycles. The smallest absolute Gasteiger partial charge is 0.141 e. The molecule has 4 nitrogen and oxygen atoms in total. The molecule has 1 fully saturated rings. The molecule has 0 amide bonds. The molecule has 0 radical (unpaired) electrons. The van der Waals surface area contributed by atoms with Crippen LogP contribution in [0.15, 0.2) is 36.0 Å². The molecule has 1 saturated heterocycles. The Kier molecular flexibility index (Phi) is 3.71. The van der Waals surface area contributed by atoms with E-state index in [1.165, 1.54) is 12.1 Å². The van der Waals surface area contributed by atoms with Gasteiger partial charge in [-0.25, -0.2) is 14.4 Å². The molecule has 0 spiro atoms. The van der Waals surface area contributed by atoms with Gasteiger partial charge < -0.3 is 10.2 Å². The first-order valence-electron chi connectivity index (χ1n) is 7.69. The predicted octanol–water partition coefficient (Wildman–Crippen LogP) is 3.30. The van der Waals surface area contributed by atoms with Gasteiger partial charge in [0.2, 0.25) is 0 Å². The van der Waals surface area contributed by atoms with Gasteiger partial charge >= 0.3 is 0 Å². The quantitative estimate of drug-likeness (QED) is 0.784. The van der Waals surface area contributed by atoms with Crippen LogP contribution in [0.5, 0.6) is 0 Å². The van der Waals surface area contributed by atoms with Crippen molar-refractivity contribution in [3.05, 3.63) is 41.8 Å². The van der Waals surface area contributed by atoms with Crippen molar-refractivity contribution in [3.8, 4) is 11.1 Å². The number of rotatable bonds is 2. The highest BCUT2D eigenvalue weighted by molar-refractivity contribution is 7.17. The van der Waals surface area contributed by atoms with Gasteiger partial charge in [0.05, 0.1) is 5.39 Å². The summed E-state index contributed by atoms with van der Waals surface area (Å²) in [4.78, 5) is 12.3. The third-order valence-electron chi connectivity index (χ3n) is 4.17. The number of benzene rings is 1. The van der Waals surface area contributed by atoms with Crippen molar-refractivity contribution in [2.24, 2.45) is 0 Å². The molecule has 1 aliphatic heterocycles. The Morgan fingerprint density at radius 3 is 2.87 bits per heavy atom. The number of thiophene rings is 1. The van der Waals surface area contributed by atoms with Crippen LogP contribution in [-0.2, 0) is 0 Å². The van der Waals surface area contributed by atoms with Gasteiger partial charge in [-0.3, -0.25) is 0 Å². The van der Waals surface area contributed by atoms with E-state index in [2.05, 4.69) is 32.5 Å². The molecule has 1 atom stereocenters.